The highest BCUT2D eigenvalue weighted by atomic mass is 32.1. The van der Waals surface area contributed by atoms with Crippen LogP contribution in [-0.4, -0.2) is 60.4 Å². The third-order valence-corrected chi connectivity index (χ3v) is 5.94. The smallest absolute Gasteiger partial charge is 0.226 e. The summed E-state index contributed by atoms with van der Waals surface area (Å²) in [6.45, 7) is 4.92. The van der Waals surface area contributed by atoms with Gasteiger partial charge in [0.05, 0.1) is 13.2 Å². The standard InChI is InChI=1S/C14H20N4O2S/c19-12(17-5-7-20-8-6-17)11-9-14(11)1-3-18(4-2-14)13-16-15-10-21-13/h10-11H,1-9H2. The predicted molar refractivity (Wildman–Crippen MR) is 79.3 cm³/mol. The SMILES string of the molecule is O=C(C1CC12CCN(c1nncs1)CC2)N1CCOCC1. The number of nitrogens with zero attached hydrogens (tertiary/aromatic N) is 4. The number of ether oxygens (including phenoxy) is 1. The van der Waals surface area contributed by atoms with Crippen LogP contribution in [0.2, 0.25) is 0 Å². The number of anilines is 1. The Hall–Kier alpha value is -1.21. The van der Waals surface area contributed by atoms with Crippen molar-refractivity contribution in [3.63, 3.8) is 0 Å². The number of piperidine rings is 1. The molecule has 1 amide bonds. The lowest BCUT2D eigenvalue weighted by atomic mass is 9.90. The summed E-state index contributed by atoms with van der Waals surface area (Å²) in [6, 6.07) is 0. The summed E-state index contributed by atoms with van der Waals surface area (Å²) < 4.78 is 5.33. The van der Waals surface area contributed by atoms with E-state index in [1.807, 2.05) is 4.90 Å². The molecule has 3 fully saturated rings. The first-order chi connectivity index (χ1) is 10.3. The summed E-state index contributed by atoms with van der Waals surface area (Å²) in [5, 5.41) is 9.06. The third kappa shape index (κ3) is 2.42. The van der Waals surface area contributed by atoms with Crippen LogP contribution in [0, 0.1) is 11.3 Å². The molecule has 21 heavy (non-hydrogen) atoms. The number of aromatic nitrogens is 2. The Morgan fingerprint density at radius 3 is 2.71 bits per heavy atom. The Kier molecular flexibility index (Phi) is 3.34. The fourth-order valence-corrected chi connectivity index (χ4v) is 4.32. The van der Waals surface area contributed by atoms with Gasteiger partial charge in [-0.2, -0.15) is 0 Å². The molecule has 114 valence electrons. The molecule has 3 heterocycles. The maximum Gasteiger partial charge on any atom is 0.226 e. The molecule has 6 nitrogen and oxygen atoms in total. The molecule has 1 aromatic heterocycles. The molecule has 1 aliphatic carbocycles. The lowest BCUT2D eigenvalue weighted by molar-refractivity contribution is -0.137. The minimum Gasteiger partial charge on any atom is -0.378 e. The van der Waals surface area contributed by atoms with Crippen molar-refractivity contribution < 1.29 is 9.53 Å². The van der Waals surface area contributed by atoms with Gasteiger partial charge in [-0.15, -0.1) is 10.2 Å². The summed E-state index contributed by atoms with van der Waals surface area (Å²) in [7, 11) is 0. The molecule has 1 unspecified atom stereocenters. The van der Waals surface area contributed by atoms with Crippen LogP contribution >= 0.6 is 11.3 Å². The lowest BCUT2D eigenvalue weighted by Crippen LogP contribution is -2.43. The van der Waals surface area contributed by atoms with E-state index in [4.69, 9.17) is 4.74 Å². The van der Waals surface area contributed by atoms with Crippen LogP contribution in [0.3, 0.4) is 0 Å². The topological polar surface area (TPSA) is 58.6 Å². The average molecular weight is 308 g/mol. The molecular weight excluding hydrogens is 288 g/mol. The van der Waals surface area contributed by atoms with Gasteiger partial charge in [-0.25, -0.2) is 0 Å². The molecule has 1 saturated carbocycles. The highest BCUT2D eigenvalue weighted by Gasteiger charge is 2.59. The molecule has 2 saturated heterocycles. The Morgan fingerprint density at radius 2 is 2.05 bits per heavy atom. The second-order valence-corrected chi connectivity index (χ2v) is 7.08. The van der Waals surface area contributed by atoms with Gasteiger partial charge < -0.3 is 14.5 Å². The van der Waals surface area contributed by atoms with Crippen LogP contribution in [0.1, 0.15) is 19.3 Å². The molecule has 0 radical (unpaired) electrons. The molecule has 1 aromatic rings. The van der Waals surface area contributed by atoms with E-state index in [2.05, 4.69) is 15.1 Å². The molecule has 0 N–H and O–H groups in total. The zero-order valence-electron chi connectivity index (χ0n) is 12.0. The van der Waals surface area contributed by atoms with Gasteiger partial charge in [0.15, 0.2) is 0 Å². The molecule has 2 aliphatic heterocycles. The largest absolute Gasteiger partial charge is 0.378 e. The zero-order valence-corrected chi connectivity index (χ0v) is 12.8. The van der Waals surface area contributed by atoms with Gasteiger partial charge in [-0.1, -0.05) is 11.3 Å². The van der Waals surface area contributed by atoms with Crippen molar-refractivity contribution in [1.82, 2.24) is 15.1 Å². The number of amides is 1. The first-order valence-electron chi connectivity index (χ1n) is 7.66. The van der Waals surface area contributed by atoms with Crippen molar-refractivity contribution >= 4 is 22.4 Å². The number of rotatable bonds is 2. The monoisotopic (exact) mass is 308 g/mol. The quantitative estimate of drug-likeness (QED) is 0.816. The number of hydrogen-bond donors (Lipinski definition) is 0. The summed E-state index contributed by atoms with van der Waals surface area (Å²) in [4.78, 5) is 16.9. The van der Waals surface area contributed by atoms with Gasteiger partial charge in [0.2, 0.25) is 11.0 Å². The fourth-order valence-electron chi connectivity index (χ4n) is 3.70. The maximum atomic E-state index is 12.6. The summed E-state index contributed by atoms with van der Waals surface area (Å²) in [5.74, 6) is 0.620. The molecule has 0 bridgehead atoms. The summed E-state index contributed by atoms with van der Waals surface area (Å²) >= 11 is 1.59. The van der Waals surface area contributed by atoms with E-state index in [1.54, 1.807) is 16.8 Å². The lowest BCUT2D eigenvalue weighted by Gasteiger charge is -2.33. The van der Waals surface area contributed by atoms with E-state index < -0.39 is 0 Å². The van der Waals surface area contributed by atoms with Crippen LogP contribution in [0.15, 0.2) is 5.51 Å². The van der Waals surface area contributed by atoms with Crippen molar-refractivity contribution in [2.24, 2.45) is 11.3 Å². The Morgan fingerprint density at radius 1 is 1.29 bits per heavy atom. The van der Waals surface area contributed by atoms with Gasteiger partial charge in [0, 0.05) is 32.1 Å². The van der Waals surface area contributed by atoms with E-state index in [1.165, 1.54) is 0 Å². The maximum absolute atomic E-state index is 12.6. The molecule has 3 aliphatic rings. The predicted octanol–water partition coefficient (Wildman–Crippen LogP) is 1.00. The third-order valence-electron chi connectivity index (χ3n) is 5.19. The first-order valence-corrected chi connectivity index (χ1v) is 8.54. The van der Waals surface area contributed by atoms with Crippen molar-refractivity contribution in [2.45, 2.75) is 19.3 Å². The second-order valence-electron chi connectivity index (χ2n) is 6.27. The second kappa shape index (κ2) is 5.21. The Bertz CT molecular complexity index is 507. The fraction of sp³-hybridized carbons (Fsp3) is 0.786. The first kappa shape index (κ1) is 13.5. The van der Waals surface area contributed by atoms with Crippen LogP contribution in [0.25, 0.3) is 0 Å². The van der Waals surface area contributed by atoms with Gasteiger partial charge >= 0.3 is 0 Å². The summed E-state index contributed by atoms with van der Waals surface area (Å²) in [5.41, 5.74) is 2.05. The molecule has 7 heteroatoms. The van der Waals surface area contributed by atoms with E-state index in [0.29, 0.717) is 19.1 Å². The van der Waals surface area contributed by atoms with Crippen LogP contribution in [-0.2, 0) is 9.53 Å². The molecule has 4 rings (SSSR count). The van der Waals surface area contributed by atoms with Gasteiger partial charge in [-0.05, 0) is 24.7 Å². The van der Waals surface area contributed by atoms with Gasteiger partial charge in [-0.3, -0.25) is 4.79 Å². The normalized spacial score (nSPS) is 27.9. The van der Waals surface area contributed by atoms with E-state index in [9.17, 15) is 4.79 Å². The highest BCUT2D eigenvalue weighted by Crippen LogP contribution is 2.60. The van der Waals surface area contributed by atoms with Gasteiger partial charge in [0.25, 0.3) is 0 Å². The van der Waals surface area contributed by atoms with Crippen LogP contribution in [0.4, 0.5) is 5.13 Å². The van der Waals surface area contributed by atoms with Crippen molar-refractivity contribution in [1.29, 1.82) is 0 Å². The Balaban J connectivity index is 1.35. The van der Waals surface area contributed by atoms with Crippen molar-refractivity contribution in [3.8, 4) is 0 Å². The van der Waals surface area contributed by atoms with Crippen LogP contribution < -0.4 is 4.90 Å². The van der Waals surface area contributed by atoms with E-state index in [-0.39, 0.29) is 11.3 Å². The zero-order chi connectivity index (χ0) is 14.3. The van der Waals surface area contributed by atoms with Crippen LogP contribution in [0.5, 0.6) is 0 Å². The molecular formula is C14H20N4O2S. The Labute approximate surface area is 128 Å². The molecule has 1 spiro atoms. The van der Waals surface area contributed by atoms with Crippen molar-refractivity contribution in [2.75, 3.05) is 44.3 Å². The van der Waals surface area contributed by atoms with Gasteiger partial charge in [0.1, 0.15) is 5.51 Å². The number of morpholine rings is 1. The van der Waals surface area contributed by atoms with Crippen molar-refractivity contribution in [3.05, 3.63) is 5.51 Å². The minimum atomic E-state index is 0.257. The highest BCUT2D eigenvalue weighted by molar-refractivity contribution is 7.13. The van der Waals surface area contributed by atoms with E-state index >= 15 is 0 Å². The van der Waals surface area contributed by atoms with E-state index in [0.717, 1.165) is 50.6 Å². The minimum absolute atomic E-state index is 0.257. The number of carbonyl (C=O) groups is 1. The number of carbonyl (C=O) groups excluding carboxylic acids is 1. The molecule has 1 atom stereocenters. The summed E-state index contributed by atoms with van der Waals surface area (Å²) in [6.07, 6.45) is 3.29. The average Bonchev–Trinajstić information content (AvgIpc) is 2.98. The number of hydrogen-bond acceptors (Lipinski definition) is 6. The molecule has 0 aromatic carbocycles.